The van der Waals surface area contributed by atoms with Gasteiger partial charge in [0.15, 0.2) is 0 Å². The van der Waals surface area contributed by atoms with Crippen LogP contribution in [0, 0.1) is 11.3 Å². The molecule has 1 aromatic rings. The lowest BCUT2D eigenvalue weighted by Gasteiger charge is -2.42. The lowest BCUT2D eigenvalue weighted by Crippen LogP contribution is -2.40. The molecule has 1 unspecified atom stereocenters. The van der Waals surface area contributed by atoms with Gasteiger partial charge in [-0.3, -0.25) is 4.98 Å². The third kappa shape index (κ3) is 3.41. The van der Waals surface area contributed by atoms with Crippen LogP contribution >= 0.6 is 15.9 Å². The van der Waals surface area contributed by atoms with Crippen LogP contribution in [0.3, 0.4) is 0 Å². The smallest absolute Gasteiger partial charge is 0.103 e. The Morgan fingerprint density at radius 3 is 2.65 bits per heavy atom. The van der Waals surface area contributed by atoms with Gasteiger partial charge in [0.2, 0.25) is 0 Å². The summed E-state index contributed by atoms with van der Waals surface area (Å²) in [6.45, 7) is 2.77. The molecule has 4 heteroatoms. The molecule has 0 aliphatic heterocycles. The molecule has 0 aromatic carbocycles. The third-order valence-corrected chi connectivity index (χ3v) is 5.28. The maximum absolute atomic E-state index is 10.7. The number of hydrogen-bond acceptors (Lipinski definition) is 3. The zero-order chi connectivity index (χ0) is 14.6. The molecule has 1 saturated carbocycles. The fraction of sp³-hybridized carbons (Fsp3) is 0.688. The van der Waals surface area contributed by atoms with Gasteiger partial charge in [-0.25, -0.2) is 0 Å². The van der Waals surface area contributed by atoms with Crippen molar-refractivity contribution in [2.45, 2.75) is 51.6 Å². The molecule has 0 radical (unpaired) electrons. The van der Waals surface area contributed by atoms with Gasteiger partial charge in [-0.2, -0.15) is 0 Å². The van der Waals surface area contributed by atoms with Crippen LogP contribution in [0.5, 0.6) is 0 Å². The first-order valence-corrected chi connectivity index (χ1v) is 8.40. The van der Waals surface area contributed by atoms with Crippen LogP contribution in [0.4, 0.5) is 0 Å². The zero-order valence-electron chi connectivity index (χ0n) is 12.2. The Morgan fingerprint density at radius 1 is 1.45 bits per heavy atom. The van der Waals surface area contributed by atoms with E-state index in [1.165, 1.54) is 25.7 Å². The van der Waals surface area contributed by atoms with Crippen LogP contribution in [0.15, 0.2) is 22.8 Å². The normalized spacial score (nSPS) is 28.3. The molecule has 1 heterocycles. The van der Waals surface area contributed by atoms with Gasteiger partial charge in [0, 0.05) is 22.6 Å². The van der Waals surface area contributed by atoms with Crippen molar-refractivity contribution in [2.75, 3.05) is 6.54 Å². The Labute approximate surface area is 130 Å². The Bertz CT molecular complexity index is 413. The summed E-state index contributed by atoms with van der Waals surface area (Å²) in [5.74, 6) is 0.810. The Hall–Kier alpha value is -0.450. The number of nitrogens with two attached hydrogens (primary N) is 1. The van der Waals surface area contributed by atoms with E-state index in [1.807, 2.05) is 12.1 Å². The van der Waals surface area contributed by atoms with E-state index in [1.54, 1.807) is 6.20 Å². The van der Waals surface area contributed by atoms with Gasteiger partial charge in [0.1, 0.15) is 6.10 Å². The molecule has 3 N–H and O–H groups in total. The first kappa shape index (κ1) is 15.9. The topological polar surface area (TPSA) is 59.1 Å². The standard InChI is InChI=1S/C16H25BrN2O/c1-2-3-12-6-8-16(11-18,9-7-12)15(20)14-5-4-13(17)10-19-14/h4-5,10,12,15,20H,2-3,6-9,11,18H2,1H3. The Kier molecular flexibility index (Phi) is 5.58. The highest BCUT2D eigenvalue weighted by molar-refractivity contribution is 9.10. The van der Waals surface area contributed by atoms with E-state index in [2.05, 4.69) is 27.8 Å². The zero-order valence-corrected chi connectivity index (χ0v) is 13.8. The molecule has 1 aliphatic carbocycles. The lowest BCUT2D eigenvalue weighted by molar-refractivity contribution is -0.0134. The Morgan fingerprint density at radius 2 is 2.15 bits per heavy atom. The molecule has 0 saturated heterocycles. The van der Waals surface area contributed by atoms with Crippen LogP contribution in [0.1, 0.15) is 57.2 Å². The van der Waals surface area contributed by atoms with Gasteiger partial charge >= 0.3 is 0 Å². The summed E-state index contributed by atoms with van der Waals surface area (Å²) in [7, 11) is 0. The van der Waals surface area contributed by atoms with Crippen molar-refractivity contribution in [3.63, 3.8) is 0 Å². The van der Waals surface area contributed by atoms with E-state index in [0.717, 1.165) is 28.9 Å². The van der Waals surface area contributed by atoms with E-state index >= 15 is 0 Å². The predicted molar refractivity (Wildman–Crippen MR) is 85.3 cm³/mol. The van der Waals surface area contributed by atoms with E-state index in [9.17, 15) is 5.11 Å². The lowest BCUT2D eigenvalue weighted by atomic mass is 9.66. The van der Waals surface area contributed by atoms with Gasteiger partial charge in [-0.1, -0.05) is 19.8 Å². The molecular formula is C16H25BrN2O. The molecule has 3 nitrogen and oxygen atoms in total. The number of aromatic nitrogens is 1. The maximum atomic E-state index is 10.7. The minimum absolute atomic E-state index is 0.189. The van der Waals surface area contributed by atoms with Crippen molar-refractivity contribution < 1.29 is 5.11 Å². The highest BCUT2D eigenvalue weighted by atomic mass is 79.9. The fourth-order valence-electron chi connectivity index (χ4n) is 3.40. The highest BCUT2D eigenvalue weighted by Crippen LogP contribution is 2.47. The first-order chi connectivity index (χ1) is 9.61. The molecule has 0 bridgehead atoms. The number of aliphatic hydroxyl groups is 1. The van der Waals surface area contributed by atoms with Crippen LogP contribution in [0.2, 0.25) is 0 Å². The van der Waals surface area contributed by atoms with Crippen molar-refractivity contribution in [2.24, 2.45) is 17.1 Å². The number of aliphatic hydroxyl groups excluding tert-OH is 1. The molecule has 1 aromatic heterocycles. The minimum Gasteiger partial charge on any atom is -0.386 e. The quantitative estimate of drug-likeness (QED) is 0.856. The largest absolute Gasteiger partial charge is 0.386 e. The molecule has 1 aliphatic rings. The van der Waals surface area contributed by atoms with Crippen molar-refractivity contribution in [3.8, 4) is 0 Å². The number of pyridine rings is 1. The molecule has 2 rings (SSSR count). The van der Waals surface area contributed by atoms with E-state index in [-0.39, 0.29) is 5.41 Å². The summed E-state index contributed by atoms with van der Waals surface area (Å²) in [4.78, 5) is 4.35. The molecule has 0 amide bonds. The fourth-order valence-corrected chi connectivity index (χ4v) is 3.64. The summed E-state index contributed by atoms with van der Waals surface area (Å²) in [6, 6.07) is 3.82. The van der Waals surface area contributed by atoms with Crippen LogP contribution in [-0.4, -0.2) is 16.6 Å². The third-order valence-electron chi connectivity index (χ3n) is 4.81. The van der Waals surface area contributed by atoms with Gasteiger partial charge in [-0.15, -0.1) is 0 Å². The van der Waals surface area contributed by atoms with Crippen molar-refractivity contribution in [1.82, 2.24) is 4.98 Å². The molecule has 1 atom stereocenters. The van der Waals surface area contributed by atoms with Gasteiger partial charge in [0.25, 0.3) is 0 Å². The molecule has 20 heavy (non-hydrogen) atoms. The molecular weight excluding hydrogens is 316 g/mol. The number of hydrogen-bond donors (Lipinski definition) is 2. The SMILES string of the molecule is CCCC1CCC(CN)(C(O)c2ccc(Br)cn2)CC1. The summed E-state index contributed by atoms with van der Waals surface area (Å²) in [5.41, 5.74) is 6.58. The molecule has 0 spiro atoms. The maximum Gasteiger partial charge on any atom is 0.103 e. The van der Waals surface area contributed by atoms with Crippen molar-refractivity contribution >= 4 is 15.9 Å². The van der Waals surface area contributed by atoms with Crippen molar-refractivity contribution in [3.05, 3.63) is 28.5 Å². The predicted octanol–water partition coefficient (Wildman–Crippen LogP) is 3.81. The van der Waals surface area contributed by atoms with Gasteiger partial charge in [0.05, 0.1) is 5.69 Å². The first-order valence-electron chi connectivity index (χ1n) is 7.61. The number of nitrogens with zero attached hydrogens (tertiary/aromatic N) is 1. The second-order valence-corrected chi connectivity index (χ2v) is 7.02. The second kappa shape index (κ2) is 7.01. The summed E-state index contributed by atoms with van der Waals surface area (Å²) in [5, 5.41) is 10.7. The van der Waals surface area contributed by atoms with E-state index in [0.29, 0.717) is 6.54 Å². The summed E-state index contributed by atoms with van der Waals surface area (Å²) >= 11 is 3.38. The van der Waals surface area contributed by atoms with Gasteiger partial charge < -0.3 is 10.8 Å². The van der Waals surface area contributed by atoms with Crippen LogP contribution < -0.4 is 5.73 Å². The second-order valence-electron chi connectivity index (χ2n) is 6.10. The highest BCUT2D eigenvalue weighted by Gasteiger charge is 2.41. The van der Waals surface area contributed by atoms with Crippen molar-refractivity contribution in [1.29, 1.82) is 0 Å². The van der Waals surface area contributed by atoms with E-state index in [4.69, 9.17) is 5.73 Å². The average Bonchev–Trinajstić information content (AvgIpc) is 2.49. The average molecular weight is 341 g/mol. The summed E-state index contributed by atoms with van der Waals surface area (Å²) in [6.07, 6.45) is 8.11. The summed E-state index contributed by atoms with van der Waals surface area (Å²) < 4.78 is 0.932. The molecule has 1 fully saturated rings. The monoisotopic (exact) mass is 340 g/mol. The molecule has 112 valence electrons. The van der Waals surface area contributed by atoms with Crippen LogP contribution in [-0.2, 0) is 0 Å². The van der Waals surface area contributed by atoms with E-state index < -0.39 is 6.10 Å². The number of rotatable bonds is 5. The number of halogens is 1. The Balaban J connectivity index is 2.09. The minimum atomic E-state index is -0.553. The van der Waals surface area contributed by atoms with Gasteiger partial charge in [-0.05, 0) is 59.7 Å². The van der Waals surface area contributed by atoms with Crippen LogP contribution in [0.25, 0.3) is 0 Å².